The Labute approximate surface area is 105 Å². The molecule has 0 aliphatic heterocycles. The molecule has 0 aromatic heterocycles. The summed E-state index contributed by atoms with van der Waals surface area (Å²) in [6.45, 7) is 0. The molecular weight excluding hydrogens is 290 g/mol. The van der Waals surface area contributed by atoms with Gasteiger partial charge in [0, 0.05) is 10.0 Å². The molecule has 0 heterocycles. The summed E-state index contributed by atoms with van der Waals surface area (Å²) >= 11 is 3.22. The monoisotopic (exact) mass is 296 g/mol. The Hall–Kier alpha value is -1.55. The van der Waals surface area contributed by atoms with Crippen LogP contribution in [0.4, 0.5) is 8.78 Å². The van der Waals surface area contributed by atoms with Crippen LogP contribution in [0.2, 0.25) is 0 Å². The lowest BCUT2D eigenvalue weighted by atomic mass is 10.0. The van der Waals surface area contributed by atoms with Crippen molar-refractivity contribution in [1.82, 2.24) is 0 Å². The van der Waals surface area contributed by atoms with Crippen molar-refractivity contribution < 1.29 is 13.6 Å². The van der Waals surface area contributed by atoms with Crippen molar-refractivity contribution in [3.05, 3.63) is 69.7 Å². The van der Waals surface area contributed by atoms with E-state index in [-0.39, 0.29) is 5.56 Å². The first-order chi connectivity index (χ1) is 8.09. The van der Waals surface area contributed by atoms with Crippen LogP contribution in [0.1, 0.15) is 15.9 Å². The highest BCUT2D eigenvalue weighted by molar-refractivity contribution is 9.10. The van der Waals surface area contributed by atoms with Crippen LogP contribution in [0.5, 0.6) is 0 Å². The van der Waals surface area contributed by atoms with Gasteiger partial charge in [-0.05, 0) is 24.3 Å². The van der Waals surface area contributed by atoms with Gasteiger partial charge in [0.05, 0.1) is 5.56 Å². The van der Waals surface area contributed by atoms with Crippen LogP contribution in [0, 0.1) is 11.6 Å². The average Bonchev–Trinajstić information content (AvgIpc) is 2.32. The summed E-state index contributed by atoms with van der Waals surface area (Å²) in [5.41, 5.74) is 0.0481. The molecule has 1 nitrogen and oxygen atoms in total. The maximum Gasteiger partial charge on any atom is 0.196 e. The van der Waals surface area contributed by atoms with Gasteiger partial charge in [0.25, 0.3) is 0 Å². The number of ketones is 1. The Morgan fingerprint density at radius 3 is 2.47 bits per heavy atom. The molecule has 2 aromatic carbocycles. The Morgan fingerprint density at radius 1 is 1.06 bits per heavy atom. The zero-order chi connectivity index (χ0) is 12.4. The maximum atomic E-state index is 13.4. The second-order valence-corrected chi connectivity index (χ2v) is 4.36. The van der Waals surface area contributed by atoms with Gasteiger partial charge in [0.2, 0.25) is 0 Å². The molecule has 0 atom stereocenters. The molecule has 0 aliphatic carbocycles. The third kappa shape index (κ3) is 2.42. The van der Waals surface area contributed by atoms with Gasteiger partial charge in [-0.2, -0.15) is 0 Å². The number of rotatable bonds is 2. The number of benzene rings is 2. The summed E-state index contributed by atoms with van der Waals surface area (Å²) in [5, 5.41) is 0. The van der Waals surface area contributed by atoms with Crippen LogP contribution < -0.4 is 0 Å². The topological polar surface area (TPSA) is 17.1 Å². The van der Waals surface area contributed by atoms with E-state index >= 15 is 0 Å². The Kier molecular flexibility index (Phi) is 3.33. The molecule has 0 saturated carbocycles. The summed E-state index contributed by atoms with van der Waals surface area (Å²) in [5.74, 6) is -2.67. The van der Waals surface area contributed by atoms with Gasteiger partial charge in [-0.3, -0.25) is 4.79 Å². The third-order valence-corrected chi connectivity index (χ3v) is 2.78. The molecule has 0 fully saturated rings. The first-order valence-electron chi connectivity index (χ1n) is 4.84. The highest BCUT2D eigenvalue weighted by Crippen LogP contribution is 2.18. The minimum atomic E-state index is -1.11. The zero-order valence-electron chi connectivity index (χ0n) is 8.58. The predicted octanol–water partition coefficient (Wildman–Crippen LogP) is 3.96. The van der Waals surface area contributed by atoms with Crippen molar-refractivity contribution in [2.75, 3.05) is 0 Å². The van der Waals surface area contributed by atoms with Gasteiger partial charge in [-0.15, -0.1) is 0 Å². The van der Waals surface area contributed by atoms with E-state index in [1.807, 2.05) is 0 Å². The van der Waals surface area contributed by atoms with E-state index in [1.165, 1.54) is 12.1 Å². The molecule has 0 amide bonds. The molecule has 4 heteroatoms. The van der Waals surface area contributed by atoms with Gasteiger partial charge in [0.15, 0.2) is 17.4 Å². The van der Waals surface area contributed by atoms with Crippen LogP contribution in [0.15, 0.2) is 46.9 Å². The number of carbonyl (C=O) groups is 1. The SMILES string of the molecule is O=C(c1cccc(Br)c1)c1cccc(F)c1F. The largest absolute Gasteiger partial charge is 0.288 e. The molecule has 0 unspecified atom stereocenters. The van der Waals surface area contributed by atoms with Crippen molar-refractivity contribution in [2.24, 2.45) is 0 Å². The van der Waals surface area contributed by atoms with Crippen molar-refractivity contribution in [3.8, 4) is 0 Å². The molecule has 0 aliphatic rings. The fourth-order valence-corrected chi connectivity index (χ4v) is 1.86. The smallest absolute Gasteiger partial charge is 0.196 e. The Balaban J connectivity index is 2.48. The minimum absolute atomic E-state index is 0.261. The normalized spacial score (nSPS) is 10.3. The zero-order valence-corrected chi connectivity index (χ0v) is 10.2. The molecule has 0 bridgehead atoms. The van der Waals surface area contributed by atoms with E-state index in [0.29, 0.717) is 10.0 Å². The highest BCUT2D eigenvalue weighted by Gasteiger charge is 2.16. The van der Waals surface area contributed by atoms with Crippen LogP contribution in [-0.4, -0.2) is 5.78 Å². The Morgan fingerprint density at radius 2 is 1.76 bits per heavy atom. The van der Waals surface area contributed by atoms with Crippen LogP contribution in [0.25, 0.3) is 0 Å². The predicted molar refractivity (Wildman–Crippen MR) is 63.9 cm³/mol. The second-order valence-electron chi connectivity index (χ2n) is 3.44. The number of halogens is 3. The maximum absolute atomic E-state index is 13.4. The first-order valence-corrected chi connectivity index (χ1v) is 5.63. The lowest BCUT2D eigenvalue weighted by Crippen LogP contribution is -2.05. The fraction of sp³-hybridized carbons (Fsp3) is 0. The Bertz CT molecular complexity index is 581. The number of hydrogen-bond acceptors (Lipinski definition) is 1. The summed E-state index contributed by atoms with van der Waals surface area (Å²) in [4.78, 5) is 11.9. The lowest BCUT2D eigenvalue weighted by molar-refractivity contribution is 0.103. The fourth-order valence-electron chi connectivity index (χ4n) is 1.46. The van der Waals surface area contributed by atoms with E-state index < -0.39 is 17.4 Å². The van der Waals surface area contributed by atoms with Gasteiger partial charge < -0.3 is 0 Å². The van der Waals surface area contributed by atoms with Crippen LogP contribution >= 0.6 is 15.9 Å². The van der Waals surface area contributed by atoms with Crippen molar-refractivity contribution in [1.29, 1.82) is 0 Å². The second kappa shape index (κ2) is 4.75. The van der Waals surface area contributed by atoms with Crippen molar-refractivity contribution >= 4 is 21.7 Å². The minimum Gasteiger partial charge on any atom is -0.288 e. The van der Waals surface area contributed by atoms with E-state index in [2.05, 4.69) is 15.9 Å². The molecule has 2 rings (SSSR count). The molecule has 0 saturated heterocycles. The van der Waals surface area contributed by atoms with Gasteiger partial charge in [-0.1, -0.05) is 34.1 Å². The van der Waals surface area contributed by atoms with E-state index in [1.54, 1.807) is 24.3 Å². The summed E-state index contributed by atoms with van der Waals surface area (Å²) in [6.07, 6.45) is 0. The van der Waals surface area contributed by atoms with E-state index in [4.69, 9.17) is 0 Å². The molecular formula is C13H7BrF2O. The quantitative estimate of drug-likeness (QED) is 0.767. The van der Waals surface area contributed by atoms with Gasteiger partial charge >= 0.3 is 0 Å². The van der Waals surface area contributed by atoms with Crippen molar-refractivity contribution in [3.63, 3.8) is 0 Å². The number of carbonyl (C=O) groups excluding carboxylic acids is 1. The molecule has 0 N–H and O–H groups in total. The summed E-state index contributed by atoms with van der Waals surface area (Å²) in [7, 11) is 0. The molecule has 17 heavy (non-hydrogen) atoms. The van der Waals surface area contributed by atoms with E-state index in [9.17, 15) is 13.6 Å². The number of hydrogen-bond donors (Lipinski definition) is 0. The summed E-state index contributed by atoms with van der Waals surface area (Å²) in [6, 6.07) is 10.1. The molecule has 2 aromatic rings. The van der Waals surface area contributed by atoms with Crippen LogP contribution in [0.3, 0.4) is 0 Å². The first kappa shape index (κ1) is 11.9. The standard InChI is InChI=1S/C13H7BrF2O/c14-9-4-1-3-8(7-9)13(17)10-5-2-6-11(15)12(10)16/h1-7H. The van der Waals surface area contributed by atoms with Gasteiger partial charge in [-0.25, -0.2) is 8.78 Å². The molecule has 86 valence electrons. The average molecular weight is 297 g/mol. The third-order valence-electron chi connectivity index (χ3n) is 2.28. The lowest BCUT2D eigenvalue weighted by Gasteiger charge is -2.03. The van der Waals surface area contributed by atoms with E-state index in [0.717, 1.165) is 6.07 Å². The van der Waals surface area contributed by atoms with Gasteiger partial charge in [0.1, 0.15) is 0 Å². The molecule has 0 radical (unpaired) electrons. The highest BCUT2D eigenvalue weighted by atomic mass is 79.9. The molecule has 0 spiro atoms. The summed E-state index contributed by atoms with van der Waals surface area (Å²) < 4.78 is 27.1. The van der Waals surface area contributed by atoms with Crippen LogP contribution in [-0.2, 0) is 0 Å². The van der Waals surface area contributed by atoms with Crippen molar-refractivity contribution in [2.45, 2.75) is 0 Å².